The van der Waals surface area contributed by atoms with Gasteiger partial charge in [0.1, 0.15) is 0 Å². The summed E-state index contributed by atoms with van der Waals surface area (Å²) >= 11 is 3.48. The predicted octanol–water partition coefficient (Wildman–Crippen LogP) is 2.55. The minimum atomic E-state index is -0.475. The average Bonchev–Trinajstić information content (AvgIpc) is 2.89. The van der Waals surface area contributed by atoms with Crippen molar-refractivity contribution in [3.63, 3.8) is 0 Å². The van der Waals surface area contributed by atoms with Gasteiger partial charge in [-0.05, 0) is 71.9 Å². The molecule has 25 heavy (non-hydrogen) atoms. The van der Waals surface area contributed by atoms with E-state index in [0.717, 1.165) is 47.8 Å². The van der Waals surface area contributed by atoms with Crippen molar-refractivity contribution in [2.75, 3.05) is 5.32 Å². The molecule has 1 amide bonds. The number of nitrogens with one attached hydrogen (secondary N) is 1. The van der Waals surface area contributed by atoms with E-state index in [1.54, 1.807) is 4.52 Å². The fourth-order valence-electron chi connectivity index (χ4n) is 5.75. The predicted molar refractivity (Wildman–Crippen MR) is 97.3 cm³/mol. The summed E-state index contributed by atoms with van der Waals surface area (Å²) in [7, 11) is 0. The van der Waals surface area contributed by atoms with Crippen LogP contribution in [-0.2, 0) is 0 Å². The summed E-state index contributed by atoms with van der Waals surface area (Å²) < 4.78 is 2.66. The highest BCUT2D eigenvalue weighted by Crippen LogP contribution is 2.56. The quantitative estimate of drug-likeness (QED) is 0.732. The van der Waals surface area contributed by atoms with Crippen LogP contribution in [0.1, 0.15) is 42.5 Å². The largest absolute Gasteiger partial charge is 0.390 e. The number of primary amides is 1. The number of aliphatic hydroxyl groups is 1. The number of carbonyl (C=O) groups excluding carboxylic acids is 1. The first-order valence-corrected chi connectivity index (χ1v) is 9.67. The summed E-state index contributed by atoms with van der Waals surface area (Å²) in [6, 6.07) is 2.22. The van der Waals surface area contributed by atoms with Crippen LogP contribution in [0.5, 0.6) is 0 Å². The highest BCUT2D eigenvalue weighted by molar-refractivity contribution is 9.10. The van der Waals surface area contributed by atoms with Crippen molar-refractivity contribution in [2.45, 2.75) is 43.7 Å². The molecule has 0 radical (unpaired) electrons. The van der Waals surface area contributed by atoms with Gasteiger partial charge >= 0.3 is 0 Å². The maximum Gasteiger partial charge on any atom is 0.252 e. The lowest BCUT2D eigenvalue weighted by Crippen LogP contribution is -2.59. The SMILES string of the molecule is NC(=O)c1cnn2cc(Br)cc2c1NC1C2CC3CC1CC(O)(C3)C2. The lowest BCUT2D eigenvalue weighted by molar-refractivity contribution is -0.129. The molecule has 2 atom stereocenters. The van der Waals surface area contributed by atoms with Gasteiger partial charge in [0.2, 0.25) is 0 Å². The molecule has 2 heterocycles. The highest BCUT2D eigenvalue weighted by Gasteiger charge is 2.54. The smallest absolute Gasteiger partial charge is 0.252 e. The van der Waals surface area contributed by atoms with Gasteiger partial charge in [0, 0.05) is 16.7 Å². The van der Waals surface area contributed by atoms with Gasteiger partial charge in [-0.2, -0.15) is 5.10 Å². The topological polar surface area (TPSA) is 92.7 Å². The average molecular weight is 405 g/mol. The maximum absolute atomic E-state index is 12.0. The molecule has 0 aromatic carbocycles. The molecule has 0 aliphatic heterocycles. The van der Waals surface area contributed by atoms with Gasteiger partial charge in [0.05, 0.1) is 28.6 Å². The zero-order chi connectivity index (χ0) is 17.3. The standard InChI is InChI=1S/C18H21BrN4O2/c19-12-3-14-16(13(17(20)24)7-21-23(14)8-12)22-15-10-1-9-2-11(15)6-18(25,4-9)5-10/h3,7-11,15,22,25H,1-2,4-6H2,(H2,20,24). The van der Waals surface area contributed by atoms with Crippen LogP contribution in [0.3, 0.4) is 0 Å². The monoisotopic (exact) mass is 404 g/mol. The molecule has 4 N–H and O–H groups in total. The van der Waals surface area contributed by atoms with Crippen molar-refractivity contribution < 1.29 is 9.90 Å². The van der Waals surface area contributed by atoms with Crippen LogP contribution in [0.15, 0.2) is 22.9 Å². The zero-order valence-electron chi connectivity index (χ0n) is 13.8. The molecule has 4 fully saturated rings. The molecular weight excluding hydrogens is 384 g/mol. The van der Waals surface area contributed by atoms with Crippen LogP contribution in [0, 0.1) is 17.8 Å². The summed E-state index contributed by atoms with van der Waals surface area (Å²) in [4.78, 5) is 12.0. The van der Waals surface area contributed by atoms with Gasteiger partial charge in [-0.3, -0.25) is 4.79 Å². The van der Waals surface area contributed by atoms with Crippen molar-refractivity contribution >= 4 is 33.0 Å². The van der Waals surface area contributed by atoms with Crippen molar-refractivity contribution in [2.24, 2.45) is 23.5 Å². The van der Waals surface area contributed by atoms with Crippen LogP contribution in [0.2, 0.25) is 0 Å². The van der Waals surface area contributed by atoms with Crippen LogP contribution in [0.4, 0.5) is 5.69 Å². The Balaban J connectivity index is 1.56. The Hall–Kier alpha value is -1.60. The Kier molecular flexibility index (Phi) is 3.26. The van der Waals surface area contributed by atoms with Gasteiger partial charge < -0.3 is 16.2 Å². The van der Waals surface area contributed by atoms with Crippen LogP contribution < -0.4 is 11.1 Å². The second-order valence-corrected chi connectivity index (χ2v) is 9.07. The van der Waals surface area contributed by atoms with Crippen molar-refractivity contribution in [3.8, 4) is 0 Å². The van der Waals surface area contributed by atoms with Crippen LogP contribution in [0.25, 0.3) is 5.52 Å². The lowest BCUT2D eigenvalue weighted by Gasteiger charge is -2.58. The lowest BCUT2D eigenvalue weighted by atomic mass is 9.52. The van der Waals surface area contributed by atoms with E-state index < -0.39 is 11.5 Å². The first-order valence-electron chi connectivity index (χ1n) is 8.87. The van der Waals surface area contributed by atoms with Crippen molar-refractivity contribution in [1.29, 1.82) is 0 Å². The first kappa shape index (κ1) is 15.6. The van der Waals surface area contributed by atoms with Crippen LogP contribution in [-0.4, -0.2) is 32.3 Å². The summed E-state index contributed by atoms with van der Waals surface area (Å²) in [6.45, 7) is 0. The van der Waals surface area contributed by atoms with E-state index in [1.807, 2.05) is 12.3 Å². The fourth-order valence-corrected chi connectivity index (χ4v) is 6.16. The van der Waals surface area contributed by atoms with Crippen LogP contribution >= 0.6 is 15.9 Å². The third-order valence-electron chi connectivity index (χ3n) is 6.42. The number of amides is 1. The second kappa shape index (κ2) is 5.20. The van der Waals surface area contributed by atoms with E-state index >= 15 is 0 Å². The molecule has 4 saturated carbocycles. The molecular formula is C18H21BrN4O2. The van der Waals surface area contributed by atoms with Gasteiger partial charge in [0.15, 0.2) is 0 Å². The van der Waals surface area contributed by atoms with E-state index in [2.05, 4.69) is 26.3 Å². The molecule has 6 rings (SSSR count). The molecule has 4 aliphatic rings. The zero-order valence-corrected chi connectivity index (χ0v) is 15.4. The fraction of sp³-hybridized carbons (Fsp3) is 0.556. The highest BCUT2D eigenvalue weighted by atomic mass is 79.9. The number of fused-ring (bicyclic) bond motifs is 1. The van der Waals surface area contributed by atoms with Gasteiger partial charge in [0.25, 0.3) is 5.91 Å². The summed E-state index contributed by atoms with van der Waals surface area (Å²) in [5.74, 6) is 1.07. The van der Waals surface area contributed by atoms with Gasteiger partial charge in [-0.1, -0.05) is 0 Å². The summed E-state index contributed by atoms with van der Waals surface area (Å²) in [5.41, 5.74) is 7.16. The second-order valence-electron chi connectivity index (χ2n) is 8.15. The number of halogens is 1. The van der Waals surface area contributed by atoms with E-state index in [0.29, 0.717) is 23.3 Å². The molecule has 4 bridgehead atoms. The molecule has 6 nitrogen and oxygen atoms in total. The normalized spacial score (nSPS) is 36.1. The number of hydrogen-bond donors (Lipinski definition) is 3. The molecule has 0 spiro atoms. The number of hydrogen-bond acceptors (Lipinski definition) is 4. The van der Waals surface area contributed by atoms with E-state index in [1.165, 1.54) is 6.20 Å². The number of rotatable bonds is 3. The number of nitrogens with two attached hydrogens (primary N) is 1. The maximum atomic E-state index is 12.0. The minimum Gasteiger partial charge on any atom is -0.390 e. The molecule has 2 unspecified atom stereocenters. The van der Waals surface area contributed by atoms with Crippen molar-refractivity contribution in [3.05, 3.63) is 28.5 Å². The molecule has 4 aliphatic carbocycles. The van der Waals surface area contributed by atoms with Gasteiger partial charge in [-0.25, -0.2) is 4.52 Å². The molecule has 2 aromatic rings. The molecule has 2 aromatic heterocycles. The number of nitrogens with zero attached hydrogens (tertiary/aromatic N) is 2. The number of carbonyl (C=O) groups is 1. The summed E-state index contributed by atoms with van der Waals surface area (Å²) in [6.07, 6.45) is 8.40. The van der Waals surface area contributed by atoms with Crippen molar-refractivity contribution in [1.82, 2.24) is 9.61 Å². The summed E-state index contributed by atoms with van der Waals surface area (Å²) in [5, 5.41) is 18.7. The Bertz CT molecular complexity index is 863. The molecule has 0 saturated heterocycles. The van der Waals surface area contributed by atoms with E-state index in [-0.39, 0.29) is 6.04 Å². The Morgan fingerprint density at radius 1 is 1.36 bits per heavy atom. The third-order valence-corrected chi connectivity index (χ3v) is 6.85. The van der Waals surface area contributed by atoms with E-state index in [9.17, 15) is 9.90 Å². The Morgan fingerprint density at radius 3 is 2.72 bits per heavy atom. The Morgan fingerprint density at radius 2 is 2.08 bits per heavy atom. The first-order chi connectivity index (χ1) is 11.9. The molecule has 132 valence electrons. The number of aromatic nitrogens is 2. The third kappa shape index (κ3) is 2.39. The Labute approximate surface area is 153 Å². The minimum absolute atomic E-state index is 0.273. The molecule has 7 heteroatoms. The van der Waals surface area contributed by atoms with E-state index in [4.69, 9.17) is 5.73 Å². The van der Waals surface area contributed by atoms with Gasteiger partial charge in [-0.15, -0.1) is 0 Å². The number of anilines is 1.